The summed E-state index contributed by atoms with van der Waals surface area (Å²) in [4.78, 5) is 39.5. The number of hydrogen-bond donors (Lipinski definition) is 4. The zero-order valence-corrected chi connectivity index (χ0v) is 39.7. The fourth-order valence-corrected chi connectivity index (χ4v) is 12.9. The third kappa shape index (κ3) is 7.59. The molecule has 2 saturated heterocycles. The lowest BCUT2D eigenvalue weighted by atomic mass is 9.70. The van der Waals surface area contributed by atoms with Gasteiger partial charge in [-0.15, -0.1) is 5.10 Å². The number of piperazine rings is 1. The van der Waals surface area contributed by atoms with Crippen molar-refractivity contribution in [2.45, 2.75) is 101 Å². The van der Waals surface area contributed by atoms with Gasteiger partial charge in [0.05, 0.1) is 51.3 Å². The van der Waals surface area contributed by atoms with Gasteiger partial charge in [-0.1, -0.05) is 23.4 Å². The van der Waals surface area contributed by atoms with Crippen molar-refractivity contribution < 1.29 is 49.0 Å². The SMILES string of the molecule is O=C(CCOCCOCCN1C(=O)c2ccccc2C12c1cc3c4c(c1Oc1c2cc2c5c1CCCN5CCC2)CCCN4CCC3)N1CCN(Cc2cn([C@H]3OC(CO)[C@H](O)C(O)C3O)nn2)CC1. The first-order valence-corrected chi connectivity index (χ1v) is 25.6. The van der Waals surface area contributed by atoms with E-state index in [0.717, 1.165) is 111 Å². The average Bonchev–Trinajstić information content (AvgIpc) is 3.95. The number of hydrogen-bond acceptors (Lipinski definition) is 15. The molecule has 2 fully saturated rings. The van der Waals surface area contributed by atoms with Crippen molar-refractivity contribution in [1.82, 2.24) is 29.7 Å². The maximum Gasteiger partial charge on any atom is 0.255 e. The maximum absolute atomic E-state index is 15.0. The fourth-order valence-electron chi connectivity index (χ4n) is 12.9. The van der Waals surface area contributed by atoms with E-state index in [1.807, 2.05) is 17.0 Å². The van der Waals surface area contributed by atoms with Crippen LogP contribution in [0.25, 0.3) is 0 Å². The lowest BCUT2D eigenvalue weighted by Crippen LogP contribution is -2.56. The van der Waals surface area contributed by atoms with Crippen LogP contribution in [0.2, 0.25) is 0 Å². The Labute approximate surface area is 407 Å². The molecular formula is C52H64N8O10. The van der Waals surface area contributed by atoms with E-state index < -0.39 is 42.8 Å². The molecule has 3 aromatic carbocycles. The van der Waals surface area contributed by atoms with Gasteiger partial charge in [0.2, 0.25) is 5.91 Å². The number of carbonyl (C=O) groups excluding carboxylic acids is 2. The highest BCUT2D eigenvalue weighted by Crippen LogP contribution is 2.62. The van der Waals surface area contributed by atoms with Crippen molar-refractivity contribution in [2.75, 3.05) is 102 Å². The van der Waals surface area contributed by atoms with Crippen LogP contribution in [-0.2, 0) is 56.8 Å². The summed E-state index contributed by atoms with van der Waals surface area (Å²) in [5, 5.41) is 48.6. The number of aliphatic hydroxyl groups is 4. The Morgan fingerprint density at radius 2 is 1.37 bits per heavy atom. The highest BCUT2D eigenvalue weighted by Gasteiger charge is 2.58. The number of amides is 2. The molecule has 1 aromatic heterocycles. The molecule has 5 atom stereocenters. The summed E-state index contributed by atoms with van der Waals surface area (Å²) in [7, 11) is 0. The average molecular weight is 961 g/mol. The molecule has 8 aliphatic rings. The Balaban J connectivity index is 0.690. The van der Waals surface area contributed by atoms with E-state index in [1.165, 1.54) is 38.3 Å². The summed E-state index contributed by atoms with van der Waals surface area (Å²) in [6, 6.07) is 13.0. The molecule has 4 N–H and O–H groups in total. The maximum atomic E-state index is 15.0. The van der Waals surface area contributed by atoms with Crippen LogP contribution < -0.4 is 14.5 Å². The van der Waals surface area contributed by atoms with Crippen molar-refractivity contribution in [3.05, 3.63) is 92.8 Å². The van der Waals surface area contributed by atoms with Crippen molar-refractivity contribution in [3.8, 4) is 11.5 Å². The van der Waals surface area contributed by atoms with Crippen LogP contribution in [0.3, 0.4) is 0 Å². The zero-order chi connectivity index (χ0) is 47.7. The predicted molar refractivity (Wildman–Crippen MR) is 255 cm³/mol. The summed E-state index contributed by atoms with van der Waals surface area (Å²) >= 11 is 0. The molecule has 18 nitrogen and oxygen atoms in total. The minimum Gasteiger partial charge on any atom is -0.456 e. The van der Waals surface area contributed by atoms with E-state index in [4.69, 9.17) is 18.9 Å². The van der Waals surface area contributed by atoms with Crippen LogP contribution in [0.4, 0.5) is 11.4 Å². The summed E-state index contributed by atoms with van der Waals surface area (Å²) in [6.45, 7) is 8.17. The Morgan fingerprint density at radius 3 is 2.03 bits per heavy atom. The van der Waals surface area contributed by atoms with E-state index in [-0.39, 0.29) is 24.8 Å². The number of aliphatic hydroxyl groups excluding tert-OH is 4. The molecular weight excluding hydrogens is 897 g/mol. The van der Waals surface area contributed by atoms with Crippen molar-refractivity contribution in [1.29, 1.82) is 0 Å². The first-order chi connectivity index (χ1) is 34.2. The molecule has 1 spiro atoms. The van der Waals surface area contributed by atoms with Crippen LogP contribution in [0.15, 0.2) is 42.6 Å². The monoisotopic (exact) mass is 960 g/mol. The van der Waals surface area contributed by atoms with Gasteiger partial charge in [0.1, 0.15) is 41.5 Å². The fraction of sp³-hybridized carbons (Fsp3) is 0.577. The summed E-state index contributed by atoms with van der Waals surface area (Å²) in [5.41, 5.74) is 11.7. The van der Waals surface area contributed by atoms with Crippen molar-refractivity contribution in [2.24, 2.45) is 0 Å². The molecule has 372 valence electrons. The van der Waals surface area contributed by atoms with Crippen LogP contribution in [0, 0.1) is 0 Å². The van der Waals surface area contributed by atoms with Gasteiger partial charge in [-0.3, -0.25) is 14.5 Å². The van der Waals surface area contributed by atoms with E-state index in [1.54, 1.807) is 6.20 Å². The number of nitrogens with zero attached hydrogens (tertiary/aromatic N) is 8. The first kappa shape index (κ1) is 45.9. The summed E-state index contributed by atoms with van der Waals surface area (Å²) < 4.78 is 26.5. The quantitative estimate of drug-likeness (QED) is 0.142. The lowest BCUT2D eigenvalue weighted by molar-refractivity contribution is -0.254. The van der Waals surface area contributed by atoms with Crippen LogP contribution in [0.5, 0.6) is 11.5 Å². The molecule has 0 saturated carbocycles. The Morgan fingerprint density at radius 1 is 0.743 bits per heavy atom. The number of rotatable bonds is 13. The second-order valence-electron chi connectivity index (χ2n) is 20.2. The van der Waals surface area contributed by atoms with Crippen LogP contribution in [-0.4, -0.2) is 178 Å². The summed E-state index contributed by atoms with van der Waals surface area (Å²) in [6.07, 6.45) is 3.57. The molecule has 0 radical (unpaired) electrons. The van der Waals surface area contributed by atoms with Gasteiger partial charge in [-0.2, -0.15) is 0 Å². The van der Waals surface area contributed by atoms with Gasteiger partial charge in [0.25, 0.3) is 5.91 Å². The number of carbonyl (C=O) groups is 2. The Kier molecular flexibility index (Phi) is 12.3. The standard InChI is InChI=1S/C52H64N8O10/c61-31-41-45(63)46(64)47(65)51(69-41)60-30-34(53-54-60)29-55-18-20-56(21-19-55)42(62)13-23-67-25-26-68-24-22-59-50(66)35-9-1-2-12-38(35)52(59)39-27-32-7-3-14-57-16-5-10-36(43(32)57)48(39)70-49-37-11-6-17-58-15-4-8-33(44(37)58)28-40(49)52/h1-2,9,12,27-28,30,41,45-47,51,61,63-65H,3-8,10-11,13-26,29,31H2/t41?,45-,46?,47?,51-/m0/s1. The number of benzene rings is 3. The molecule has 12 rings (SSSR count). The minimum atomic E-state index is -1.51. The summed E-state index contributed by atoms with van der Waals surface area (Å²) in [5.74, 6) is 1.92. The van der Waals surface area contributed by atoms with Gasteiger partial charge in [-0.25, -0.2) is 4.68 Å². The molecule has 70 heavy (non-hydrogen) atoms. The van der Waals surface area contributed by atoms with Gasteiger partial charge in [-0.05, 0) is 86.3 Å². The number of aryl methyl sites for hydroxylation is 2. The van der Waals surface area contributed by atoms with Gasteiger partial charge in [0.15, 0.2) is 6.23 Å². The van der Waals surface area contributed by atoms with Gasteiger partial charge < -0.3 is 59.0 Å². The van der Waals surface area contributed by atoms with Crippen LogP contribution in [0.1, 0.15) is 93.3 Å². The third-order valence-corrected chi connectivity index (χ3v) is 16.2. The van der Waals surface area contributed by atoms with E-state index >= 15 is 4.79 Å². The second-order valence-corrected chi connectivity index (χ2v) is 20.2. The zero-order valence-electron chi connectivity index (χ0n) is 39.7. The number of ether oxygens (including phenoxy) is 4. The lowest BCUT2D eigenvalue weighted by Gasteiger charge is -2.49. The molecule has 3 unspecified atom stereocenters. The minimum absolute atomic E-state index is 0.00851. The smallest absolute Gasteiger partial charge is 0.255 e. The topological polar surface area (TPSA) is 199 Å². The molecule has 9 heterocycles. The third-order valence-electron chi connectivity index (χ3n) is 16.2. The molecule has 8 aliphatic heterocycles. The van der Waals surface area contributed by atoms with Crippen molar-refractivity contribution in [3.63, 3.8) is 0 Å². The molecule has 2 amide bonds. The van der Waals surface area contributed by atoms with E-state index in [9.17, 15) is 25.2 Å². The molecule has 0 aliphatic carbocycles. The normalized spacial score (nSPS) is 25.3. The molecule has 4 aromatic rings. The predicted octanol–water partition coefficient (Wildman–Crippen LogP) is 2.27. The van der Waals surface area contributed by atoms with Crippen molar-refractivity contribution >= 4 is 23.2 Å². The Bertz CT molecular complexity index is 2570. The number of anilines is 2. The van der Waals surface area contributed by atoms with Gasteiger partial charge >= 0.3 is 0 Å². The second kappa shape index (κ2) is 18.8. The first-order valence-electron chi connectivity index (χ1n) is 25.6. The highest BCUT2D eigenvalue weighted by atomic mass is 16.6. The molecule has 0 bridgehead atoms. The highest BCUT2D eigenvalue weighted by molar-refractivity contribution is 6.03. The Hall–Kier alpha value is -5.18. The van der Waals surface area contributed by atoms with Crippen LogP contribution >= 0.6 is 0 Å². The van der Waals surface area contributed by atoms with Gasteiger partial charge in [0, 0.05) is 105 Å². The van der Waals surface area contributed by atoms with E-state index in [0.29, 0.717) is 64.8 Å². The largest absolute Gasteiger partial charge is 0.456 e. The van der Waals surface area contributed by atoms with E-state index in [2.05, 4.69) is 54.2 Å². The number of aromatic nitrogens is 3. The number of fused-ring (bicyclic) bond motifs is 8. The molecule has 18 heteroatoms.